The van der Waals surface area contributed by atoms with Crippen molar-refractivity contribution in [1.29, 1.82) is 5.26 Å². The SMILES string of the molecule is CCc1cnnc(-c2cc3c(C#N)cccc3[nH]2)c1. The molecule has 92 valence electrons. The van der Waals surface area contributed by atoms with Crippen molar-refractivity contribution in [1.82, 2.24) is 15.2 Å². The molecule has 3 aromatic rings. The average molecular weight is 248 g/mol. The third kappa shape index (κ3) is 1.95. The highest BCUT2D eigenvalue weighted by Crippen LogP contribution is 2.25. The summed E-state index contributed by atoms with van der Waals surface area (Å²) < 4.78 is 0. The van der Waals surface area contributed by atoms with E-state index in [0.29, 0.717) is 5.56 Å². The van der Waals surface area contributed by atoms with E-state index in [0.717, 1.165) is 34.3 Å². The largest absolute Gasteiger partial charge is 0.353 e. The van der Waals surface area contributed by atoms with E-state index in [-0.39, 0.29) is 0 Å². The zero-order chi connectivity index (χ0) is 13.2. The Morgan fingerprint density at radius 1 is 1.32 bits per heavy atom. The summed E-state index contributed by atoms with van der Waals surface area (Å²) in [6, 6.07) is 11.8. The predicted molar refractivity (Wildman–Crippen MR) is 73.4 cm³/mol. The lowest BCUT2D eigenvalue weighted by atomic mass is 10.1. The maximum absolute atomic E-state index is 9.11. The highest BCUT2D eigenvalue weighted by molar-refractivity contribution is 5.89. The van der Waals surface area contributed by atoms with Crippen molar-refractivity contribution in [3.8, 4) is 17.5 Å². The number of fused-ring (bicyclic) bond motifs is 1. The molecular formula is C15H12N4. The Labute approximate surface area is 110 Å². The Morgan fingerprint density at radius 2 is 2.21 bits per heavy atom. The van der Waals surface area contributed by atoms with E-state index in [1.165, 1.54) is 0 Å². The monoisotopic (exact) mass is 248 g/mol. The summed E-state index contributed by atoms with van der Waals surface area (Å²) >= 11 is 0. The van der Waals surface area contributed by atoms with Gasteiger partial charge in [-0.3, -0.25) is 0 Å². The molecule has 0 aliphatic heterocycles. The Bertz CT molecular complexity index is 780. The van der Waals surface area contributed by atoms with Gasteiger partial charge in [0.2, 0.25) is 0 Å². The minimum absolute atomic E-state index is 0.666. The summed E-state index contributed by atoms with van der Waals surface area (Å²) in [4.78, 5) is 3.28. The molecule has 0 aliphatic carbocycles. The number of aromatic amines is 1. The third-order valence-electron chi connectivity index (χ3n) is 3.18. The van der Waals surface area contributed by atoms with Crippen molar-refractivity contribution in [3.05, 3.63) is 47.7 Å². The molecule has 0 aliphatic rings. The predicted octanol–water partition coefficient (Wildman–Crippen LogP) is 3.06. The van der Waals surface area contributed by atoms with E-state index >= 15 is 0 Å². The molecular weight excluding hydrogens is 236 g/mol. The first-order chi connectivity index (χ1) is 9.31. The van der Waals surface area contributed by atoms with Crippen LogP contribution in [-0.4, -0.2) is 15.2 Å². The first-order valence-electron chi connectivity index (χ1n) is 6.15. The molecule has 1 aromatic carbocycles. The molecule has 0 saturated heterocycles. The molecule has 3 rings (SSSR count). The van der Waals surface area contributed by atoms with Crippen LogP contribution in [0.25, 0.3) is 22.3 Å². The second-order valence-electron chi connectivity index (χ2n) is 4.36. The first-order valence-corrected chi connectivity index (χ1v) is 6.15. The van der Waals surface area contributed by atoms with Gasteiger partial charge in [-0.1, -0.05) is 13.0 Å². The molecule has 0 saturated carbocycles. The van der Waals surface area contributed by atoms with Crippen molar-refractivity contribution < 1.29 is 0 Å². The van der Waals surface area contributed by atoms with Crippen molar-refractivity contribution in [2.24, 2.45) is 0 Å². The van der Waals surface area contributed by atoms with Crippen LogP contribution in [0.15, 0.2) is 36.5 Å². The molecule has 0 spiro atoms. The zero-order valence-electron chi connectivity index (χ0n) is 10.5. The molecule has 0 fully saturated rings. The van der Waals surface area contributed by atoms with Crippen LogP contribution < -0.4 is 0 Å². The maximum Gasteiger partial charge on any atom is 0.109 e. The van der Waals surface area contributed by atoms with E-state index in [1.807, 2.05) is 30.3 Å². The molecule has 19 heavy (non-hydrogen) atoms. The van der Waals surface area contributed by atoms with Gasteiger partial charge in [-0.2, -0.15) is 10.4 Å². The lowest BCUT2D eigenvalue weighted by Gasteiger charge is -1.98. The van der Waals surface area contributed by atoms with Crippen LogP contribution in [0.4, 0.5) is 0 Å². The van der Waals surface area contributed by atoms with Gasteiger partial charge in [0.1, 0.15) is 5.69 Å². The minimum atomic E-state index is 0.666. The van der Waals surface area contributed by atoms with Crippen LogP contribution in [0.5, 0.6) is 0 Å². The van der Waals surface area contributed by atoms with Gasteiger partial charge < -0.3 is 4.98 Å². The first kappa shape index (κ1) is 11.4. The quantitative estimate of drug-likeness (QED) is 0.758. The molecule has 4 nitrogen and oxygen atoms in total. The Kier molecular flexibility index (Phi) is 2.73. The standard InChI is InChI=1S/C15H12N4/c1-2-10-6-15(19-17-9-10)14-7-12-11(8-16)4-3-5-13(12)18-14/h3-7,9,18H,2H2,1H3. The second-order valence-corrected chi connectivity index (χ2v) is 4.36. The van der Waals surface area contributed by atoms with E-state index in [9.17, 15) is 0 Å². The summed E-state index contributed by atoms with van der Waals surface area (Å²) in [5.74, 6) is 0. The normalized spacial score (nSPS) is 10.5. The Morgan fingerprint density at radius 3 is 3.00 bits per heavy atom. The number of nitriles is 1. The van der Waals surface area contributed by atoms with Gasteiger partial charge >= 0.3 is 0 Å². The molecule has 1 N–H and O–H groups in total. The van der Waals surface area contributed by atoms with E-state index < -0.39 is 0 Å². The van der Waals surface area contributed by atoms with Crippen molar-refractivity contribution in [2.45, 2.75) is 13.3 Å². The lowest BCUT2D eigenvalue weighted by molar-refractivity contribution is 0.986. The molecule has 0 unspecified atom stereocenters. The van der Waals surface area contributed by atoms with E-state index in [4.69, 9.17) is 5.26 Å². The second kappa shape index (κ2) is 4.54. The number of hydrogen-bond acceptors (Lipinski definition) is 3. The molecule has 0 bridgehead atoms. The van der Waals surface area contributed by atoms with E-state index in [2.05, 4.69) is 28.2 Å². The number of nitrogens with zero attached hydrogens (tertiary/aromatic N) is 3. The highest BCUT2D eigenvalue weighted by Gasteiger charge is 2.08. The summed E-state index contributed by atoms with van der Waals surface area (Å²) in [5.41, 5.74) is 4.45. The van der Waals surface area contributed by atoms with Crippen molar-refractivity contribution in [3.63, 3.8) is 0 Å². The van der Waals surface area contributed by atoms with Crippen LogP contribution in [0, 0.1) is 11.3 Å². The number of hydrogen-bond donors (Lipinski definition) is 1. The van der Waals surface area contributed by atoms with Crippen LogP contribution in [0.2, 0.25) is 0 Å². The number of aromatic nitrogens is 3. The van der Waals surface area contributed by atoms with Crippen LogP contribution in [-0.2, 0) is 6.42 Å². The van der Waals surface area contributed by atoms with Gasteiger partial charge in [0, 0.05) is 10.9 Å². The summed E-state index contributed by atoms with van der Waals surface area (Å²) in [6.07, 6.45) is 2.69. The molecule has 0 amide bonds. The van der Waals surface area contributed by atoms with Gasteiger partial charge in [-0.25, -0.2) is 0 Å². The van der Waals surface area contributed by atoms with Gasteiger partial charge in [0.15, 0.2) is 0 Å². The average Bonchev–Trinajstić information content (AvgIpc) is 2.91. The minimum Gasteiger partial charge on any atom is -0.353 e. The van der Waals surface area contributed by atoms with Gasteiger partial charge in [0.05, 0.1) is 23.5 Å². The lowest BCUT2D eigenvalue weighted by Crippen LogP contribution is -1.90. The fourth-order valence-electron chi connectivity index (χ4n) is 2.12. The van der Waals surface area contributed by atoms with Crippen LogP contribution >= 0.6 is 0 Å². The third-order valence-corrected chi connectivity index (χ3v) is 3.18. The molecule has 0 radical (unpaired) electrons. The number of benzene rings is 1. The number of aryl methyl sites for hydroxylation is 1. The topological polar surface area (TPSA) is 65.4 Å². The maximum atomic E-state index is 9.11. The van der Waals surface area contributed by atoms with Gasteiger partial charge in [0.25, 0.3) is 0 Å². The fourth-order valence-corrected chi connectivity index (χ4v) is 2.12. The number of nitrogens with one attached hydrogen (secondary N) is 1. The molecule has 4 heteroatoms. The van der Waals surface area contributed by atoms with Gasteiger partial charge in [-0.15, -0.1) is 5.10 Å². The summed E-state index contributed by atoms with van der Waals surface area (Å²) in [7, 11) is 0. The summed E-state index contributed by atoms with van der Waals surface area (Å²) in [6.45, 7) is 2.08. The van der Waals surface area contributed by atoms with Crippen LogP contribution in [0.3, 0.4) is 0 Å². The van der Waals surface area contributed by atoms with Crippen LogP contribution in [0.1, 0.15) is 18.1 Å². The summed E-state index contributed by atoms with van der Waals surface area (Å²) in [5, 5.41) is 18.2. The number of H-pyrrole nitrogens is 1. The van der Waals surface area contributed by atoms with Gasteiger partial charge in [-0.05, 0) is 36.2 Å². The van der Waals surface area contributed by atoms with Crippen molar-refractivity contribution >= 4 is 10.9 Å². The fraction of sp³-hybridized carbons (Fsp3) is 0.133. The van der Waals surface area contributed by atoms with Crippen molar-refractivity contribution in [2.75, 3.05) is 0 Å². The number of rotatable bonds is 2. The Hall–Kier alpha value is -2.67. The molecule has 2 heterocycles. The molecule has 0 atom stereocenters. The molecule has 2 aromatic heterocycles. The zero-order valence-corrected chi connectivity index (χ0v) is 10.5. The van der Waals surface area contributed by atoms with E-state index in [1.54, 1.807) is 6.20 Å². The smallest absolute Gasteiger partial charge is 0.109 e. The highest BCUT2D eigenvalue weighted by atomic mass is 15.1. The Balaban J connectivity index is 2.18.